The first-order valence-electron chi connectivity index (χ1n) is 10.3. The first kappa shape index (κ1) is 18.4. The van der Waals surface area contributed by atoms with E-state index in [4.69, 9.17) is 14.1 Å². The molecule has 3 aromatic rings. The van der Waals surface area contributed by atoms with Crippen molar-refractivity contribution in [1.82, 2.24) is 19.8 Å². The van der Waals surface area contributed by atoms with Crippen molar-refractivity contribution in [2.45, 2.75) is 32.4 Å². The second kappa shape index (κ2) is 7.65. The highest BCUT2D eigenvalue weighted by Crippen LogP contribution is 2.33. The summed E-state index contributed by atoms with van der Waals surface area (Å²) in [6.07, 6.45) is 3.49. The molecular weight excluding hydrogens is 368 g/mol. The molecule has 0 spiro atoms. The number of rotatable bonds is 4. The van der Waals surface area contributed by atoms with Crippen LogP contribution < -0.4 is 0 Å². The summed E-state index contributed by atoms with van der Waals surface area (Å²) >= 11 is 0. The molecule has 29 heavy (non-hydrogen) atoms. The van der Waals surface area contributed by atoms with Gasteiger partial charge in [0.25, 0.3) is 5.91 Å². The zero-order valence-electron chi connectivity index (χ0n) is 16.7. The highest BCUT2D eigenvalue weighted by Gasteiger charge is 2.33. The van der Waals surface area contributed by atoms with Gasteiger partial charge in [0.05, 0.1) is 42.4 Å². The standard InChI is InChI=1S/C22H26N4O3/c1-15-4-2-5-18-20(15)24-21(23-18)19-6-3-7-26(19)22(27)16-12-17(29-14-16)13-25-8-10-28-11-9-25/h2,4-5,12,14,19H,3,6-11,13H2,1H3,(H,23,24)/t19-/m1/s1. The molecule has 2 fully saturated rings. The summed E-state index contributed by atoms with van der Waals surface area (Å²) in [5.74, 6) is 1.71. The Morgan fingerprint density at radius 1 is 1.28 bits per heavy atom. The van der Waals surface area contributed by atoms with Crippen molar-refractivity contribution in [3.63, 3.8) is 0 Å². The van der Waals surface area contributed by atoms with Crippen LogP contribution in [0.5, 0.6) is 0 Å². The fraction of sp³-hybridized carbons (Fsp3) is 0.455. The minimum absolute atomic E-state index is 0.0154. The van der Waals surface area contributed by atoms with Gasteiger partial charge in [-0.1, -0.05) is 12.1 Å². The fourth-order valence-corrected chi connectivity index (χ4v) is 4.37. The van der Waals surface area contributed by atoms with E-state index in [1.807, 2.05) is 23.1 Å². The Bertz CT molecular complexity index is 1020. The lowest BCUT2D eigenvalue weighted by atomic mass is 10.2. The Kier molecular flexibility index (Phi) is 4.85. The maximum absolute atomic E-state index is 13.2. The SMILES string of the molecule is Cc1cccc2[nH]c([C@H]3CCCN3C(=O)c3coc(CN4CCOCC4)c3)nc12. The van der Waals surface area contributed by atoms with E-state index in [-0.39, 0.29) is 11.9 Å². The van der Waals surface area contributed by atoms with Crippen molar-refractivity contribution in [2.75, 3.05) is 32.8 Å². The van der Waals surface area contributed by atoms with Crippen molar-refractivity contribution in [3.05, 3.63) is 53.2 Å². The van der Waals surface area contributed by atoms with Crippen LogP contribution in [0.15, 0.2) is 34.9 Å². The summed E-state index contributed by atoms with van der Waals surface area (Å²) in [6.45, 7) is 6.80. The molecule has 1 amide bonds. The van der Waals surface area contributed by atoms with Gasteiger partial charge < -0.3 is 19.0 Å². The summed E-state index contributed by atoms with van der Waals surface area (Å²) in [5, 5.41) is 0. The van der Waals surface area contributed by atoms with E-state index in [0.717, 1.165) is 73.9 Å². The van der Waals surface area contributed by atoms with Crippen LogP contribution in [0.4, 0.5) is 0 Å². The average molecular weight is 394 g/mol. The molecule has 2 aromatic heterocycles. The zero-order chi connectivity index (χ0) is 19.8. The van der Waals surface area contributed by atoms with Gasteiger partial charge in [-0.25, -0.2) is 4.98 Å². The number of H-pyrrole nitrogens is 1. The lowest BCUT2D eigenvalue weighted by molar-refractivity contribution is 0.0313. The number of hydrogen-bond donors (Lipinski definition) is 1. The van der Waals surface area contributed by atoms with Crippen molar-refractivity contribution in [3.8, 4) is 0 Å². The molecule has 0 saturated carbocycles. The predicted octanol–water partition coefficient (Wildman–Crippen LogP) is 3.27. The van der Waals surface area contributed by atoms with Gasteiger partial charge in [0.2, 0.25) is 0 Å². The molecule has 7 heteroatoms. The number of aryl methyl sites for hydroxylation is 1. The van der Waals surface area contributed by atoms with Crippen LogP contribution in [0.2, 0.25) is 0 Å². The number of hydrogen-bond acceptors (Lipinski definition) is 5. The smallest absolute Gasteiger partial charge is 0.257 e. The molecule has 5 rings (SSSR count). The number of nitrogens with zero attached hydrogens (tertiary/aromatic N) is 3. The third-order valence-electron chi connectivity index (χ3n) is 5.95. The van der Waals surface area contributed by atoms with Crippen LogP contribution in [0.25, 0.3) is 11.0 Å². The Hall–Kier alpha value is -2.64. The van der Waals surface area contributed by atoms with E-state index in [1.165, 1.54) is 0 Å². The number of furan rings is 1. The van der Waals surface area contributed by atoms with Gasteiger partial charge in [0.15, 0.2) is 0 Å². The van der Waals surface area contributed by atoms with Crippen molar-refractivity contribution in [2.24, 2.45) is 0 Å². The molecule has 0 unspecified atom stereocenters. The van der Waals surface area contributed by atoms with Crippen LogP contribution in [0, 0.1) is 6.92 Å². The van der Waals surface area contributed by atoms with Crippen LogP contribution in [0.3, 0.4) is 0 Å². The first-order chi connectivity index (χ1) is 14.2. The van der Waals surface area contributed by atoms with Gasteiger partial charge in [-0.15, -0.1) is 0 Å². The lowest BCUT2D eigenvalue weighted by Gasteiger charge is -2.25. The molecule has 2 aliphatic heterocycles. The number of likely N-dealkylation sites (tertiary alicyclic amines) is 1. The van der Waals surface area contributed by atoms with E-state index in [0.29, 0.717) is 12.1 Å². The molecule has 152 valence electrons. The topological polar surface area (TPSA) is 74.6 Å². The van der Waals surface area contributed by atoms with Crippen molar-refractivity contribution < 1.29 is 13.9 Å². The molecule has 1 N–H and O–H groups in total. The summed E-state index contributed by atoms with van der Waals surface area (Å²) in [5.41, 5.74) is 3.77. The number of amides is 1. The van der Waals surface area contributed by atoms with Gasteiger partial charge in [0.1, 0.15) is 17.8 Å². The molecule has 2 aliphatic rings. The number of benzene rings is 1. The minimum atomic E-state index is -0.0214. The number of para-hydroxylation sites is 1. The number of nitrogens with one attached hydrogen (secondary N) is 1. The number of carbonyl (C=O) groups excluding carboxylic acids is 1. The summed E-state index contributed by atoms with van der Waals surface area (Å²) in [7, 11) is 0. The van der Waals surface area contributed by atoms with Crippen molar-refractivity contribution >= 4 is 16.9 Å². The normalized spacial score (nSPS) is 20.6. The van der Waals surface area contributed by atoms with Gasteiger partial charge in [-0.05, 0) is 37.5 Å². The van der Waals surface area contributed by atoms with Crippen LogP contribution in [-0.2, 0) is 11.3 Å². The Morgan fingerprint density at radius 2 is 2.14 bits per heavy atom. The molecule has 0 aliphatic carbocycles. The minimum Gasteiger partial charge on any atom is -0.467 e. The fourth-order valence-electron chi connectivity index (χ4n) is 4.37. The number of morpholine rings is 1. The molecule has 1 aromatic carbocycles. The highest BCUT2D eigenvalue weighted by atomic mass is 16.5. The van der Waals surface area contributed by atoms with E-state index in [2.05, 4.69) is 22.9 Å². The molecule has 2 saturated heterocycles. The van der Waals surface area contributed by atoms with E-state index in [9.17, 15) is 4.79 Å². The lowest BCUT2D eigenvalue weighted by Crippen LogP contribution is -2.35. The quantitative estimate of drug-likeness (QED) is 0.735. The number of imidazole rings is 1. The number of aromatic nitrogens is 2. The largest absolute Gasteiger partial charge is 0.467 e. The van der Waals surface area contributed by atoms with Gasteiger partial charge in [-0.2, -0.15) is 0 Å². The molecule has 4 heterocycles. The van der Waals surface area contributed by atoms with E-state index < -0.39 is 0 Å². The second-order valence-corrected chi connectivity index (χ2v) is 7.94. The Balaban J connectivity index is 1.34. The maximum Gasteiger partial charge on any atom is 0.257 e. The predicted molar refractivity (Wildman–Crippen MR) is 109 cm³/mol. The number of aromatic amines is 1. The number of ether oxygens (including phenoxy) is 1. The molecular formula is C22H26N4O3. The molecule has 0 radical (unpaired) electrons. The van der Waals surface area contributed by atoms with Crippen LogP contribution >= 0.6 is 0 Å². The highest BCUT2D eigenvalue weighted by molar-refractivity contribution is 5.94. The maximum atomic E-state index is 13.2. The zero-order valence-corrected chi connectivity index (χ0v) is 16.7. The summed E-state index contributed by atoms with van der Waals surface area (Å²) < 4.78 is 11.1. The monoisotopic (exact) mass is 394 g/mol. The second-order valence-electron chi connectivity index (χ2n) is 7.94. The number of fused-ring (bicyclic) bond motifs is 1. The third-order valence-corrected chi connectivity index (χ3v) is 5.95. The molecule has 1 atom stereocenters. The van der Waals surface area contributed by atoms with Gasteiger partial charge in [-0.3, -0.25) is 9.69 Å². The van der Waals surface area contributed by atoms with Crippen LogP contribution in [0.1, 0.15) is 46.4 Å². The first-order valence-corrected chi connectivity index (χ1v) is 10.3. The summed E-state index contributed by atoms with van der Waals surface area (Å²) in [4.78, 5) is 25.7. The third kappa shape index (κ3) is 3.56. The molecule has 0 bridgehead atoms. The van der Waals surface area contributed by atoms with Gasteiger partial charge in [0, 0.05) is 19.6 Å². The number of carbonyl (C=O) groups is 1. The summed E-state index contributed by atoms with van der Waals surface area (Å²) in [6, 6.07) is 7.99. The van der Waals surface area contributed by atoms with E-state index >= 15 is 0 Å². The Morgan fingerprint density at radius 3 is 2.97 bits per heavy atom. The van der Waals surface area contributed by atoms with Crippen LogP contribution in [-0.4, -0.2) is 58.5 Å². The Labute approximate surface area is 169 Å². The average Bonchev–Trinajstić information content (AvgIpc) is 3.47. The van der Waals surface area contributed by atoms with Gasteiger partial charge >= 0.3 is 0 Å². The van der Waals surface area contributed by atoms with E-state index in [1.54, 1.807) is 6.26 Å². The molecule has 7 nitrogen and oxygen atoms in total. The van der Waals surface area contributed by atoms with Crippen molar-refractivity contribution in [1.29, 1.82) is 0 Å².